The fourth-order valence-corrected chi connectivity index (χ4v) is 0. The van der Waals surface area contributed by atoms with E-state index < -0.39 is 0 Å². The van der Waals surface area contributed by atoms with Crippen molar-refractivity contribution >= 4 is 48.9 Å². The summed E-state index contributed by atoms with van der Waals surface area (Å²) < 4.78 is 0. The number of halogens is 1. The molecule has 0 aromatic heterocycles. The molecule has 0 fully saturated rings. The van der Waals surface area contributed by atoms with Crippen molar-refractivity contribution < 1.29 is 24.0 Å². The van der Waals surface area contributed by atoms with Crippen LogP contribution in [0.3, 0.4) is 0 Å². The summed E-state index contributed by atoms with van der Waals surface area (Å²) in [5.41, 5.74) is 0. The zero-order valence-electron chi connectivity index (χ0n) is 2.79. The van der Waals surface area contributed by atoms with Gasteiger partial charge in [-0.25, -0.2) is 0 Å². The molecule has 2 heteroatoms. The molecule has 0 bridgehead atoms. The maximum Gasteiger partial charge on any atom is 2.00 e. The molecule has 0 aromatic carbocycles. The Bertz CT molecular complexity index is 6.00. The van der Waals surface area contributed by atoms with Crippen molar-refractivity contribution in [3.8, 4) is 0 Å². The summed E-state index contributed by atoms with van der Waals surface area (Å²) in [6.07, 6.45) is 0. The molecule has 0 unspecified atom stereocenters. The molecule has 0 rings (SSSR count). The van der Waals surface area contributed by atoms with Crippen LogP contribution in [0.2, 0.25) is 0 Å². The maximum absolute atomic E-state index is 3.25. The van der Waals surface area contributed by atoms with Crippen LogP contribution >= 0.6 is 0 Å². The van der Waals surface area contributed by atoms with E-state index in [-0.39, 0.29) is 72.9 Å². The van der Waals surface area contributed by atoms with E-state index in [1.165, 1.54) is 0 Å². The van der Waals surface area contributed by atoms with E-state index in [0.29, 0.717) is 0 Å². The van der Waals surface area contributed by atoms with E-state index in [9.17, 15) is 0 Å². The molecule has 0 atom stereocenters. The van der Waals surface area contributed by atoms with Gasteiger partial charge >= 0.3 is 48.9 Å². The Morgan fingerprint density at radius 2 is 1.25 bits per heavy atom. The Morgan fingerprint density at radius 1 is 1.25 bits per heavy atom. The number of hydrogen-bond donors (Lipinski definition) is 0. The Hall–Kier alpha value is 2.30. The SMILES string of the molecule is [Ba+2].[CH2-]C.[I-]. The van der Waals surface area contributed by atoms with Gasteiger partial charge in [-0.2, -0.15) is 6.92 Å². The van der Waals surface area contributed by atoms with Gasteiger partial charge in [0.2, 0.25) is 0 Å². The molecule has 0 radical (unpaired) electrons. The molecule has 0 aliphatic carbocycles. The molecule has 0 nitrogen and oxygen atoms in total. The molecule has 0 amide bonds. The summed E-state index contributed by atoms with van der Waals surface area (Å²) in [5.74, 6) is 0. The number of hydrogen-bond acceptors (Lipinski definition) is 0. The predicted octanol–water partition coefficient (Wildman–Crippen LogP) is -2.54. The minimum absolute atomic E-state index is 0. The molecule has 22 valence electrons. The van der Waals surface area contributed by atoms with Crippen molar-refractivity contribution in [1.29, 1.82) is 0 Å². The summed E-state index contributed by atoms with van der Waals surface area (Å²) in [5, 5.41) is 0. The molecule has 0 heterocycles. The topological polar surface area (TPSA) is 0 Å². The molecular weight excluding hydrogens is 288 g/mol. The van der Waals surface area contributed by atoms with Gasteiger partial charge in [-0.3, -0.25) is 0 Å². The van der Waals surface area contributed by atoms with E-state index >= 15 is 0 Å². The first-order valence-corrected chi connectivity index (χ1v) is 0.707. The van der Waals surface area contributed by atoms with Gasteiger partial charge in [0.1, 0.15) is 0 Å². The van der Waals surface area contributed by atoms with E-state index in [0.717, 1.165) is 0 Å². The Kier molecular flexibility index (Phi) is 75.2. The summed E-state index contributed by atoms with van der Waals surface area (Å²) in [6.45, 7) is 5.00. The third-order valence-electron chi connectivity index (χ3n) is 0. The molecular formula is C2H5BaI. The second kappa shape index (κ2) is 18.5. The molecule has 0 saturated heterocycles. The Labute approximate surface area is 84.8 Å². The minimum Gasteiger partial charge on any atom is -1.00 e. The van der Waals surface area contributed by atoms with Gasteiger partial charge < -0.3 is 30.9 Å². The molecule has 0 aliphatic heterocycles. The van der Waals surface area contributed by atoms with Crippen LogP contribution in [0.4, 0.5) is 0 Å². The molecule has 4 heavy (non-hydrogen) atoms. The fourth-order valence-electron chi connectivity index (χ4n) is 0. The fraction of sp³-hybridized carbons (Fsp3) is 0.500. The van der Waals surface area contributed by atoms with E-state index in [1.807, 2.05) is 0 Å². The van der Waals surface area contributed by atoms with Crippen LogP contribution in [0, 0.1) is 6.92 Å². The predicted molar refractivity (Wildman–Crippen MR) is 16.8 cm³/mol. The second-order valence-electron chi connectivity index (χ2n) is 0. The monoisotopic (exact) mass is 294 g/mol. The summed E-state index contributed by atoms with van der Waals surface area (Å²) >= 11 is 0. The van der Waals surface area contributed by atoms with Crippen molar-refractivity contribution in [2.75, 3.05) is 0 Å². The summed E-state index contributed by atoms with van der Waals surface area (Å²) in [7, 11) is 0. The molecule has 0 aliphatic rings. The molecule has 0 aromatic rings. The van der Waals surface area contributed by atoms with Crippen LogP contribution < -0.4 is 24.0 Å². The first-order chi connectivity index (χ1) is 1.00. The van der Waals surface area contributed by atoms with E-state index in [4.69, 9.17) is 0 Å². The van der Waals surface area contributed by atoms with E-state index in [1.54, 1.807) is 6.92 Å². The van der Waals surface area contributed by atoms with Crippen LogP contribution in [0.1, 0.15) is 6.92 Å². The summed E-state index contributed by atoms with van der Waals surface area (Å²) in [4.78, 5) is 0. The zero-order valence-corrected chi connectivity index (χ0v) is 9.39. The standard InChI is InChI=1S/C2H5.Ba.HI/c1-2;;/h1H2,2H3;;1H/q-1;+2;/p-1. The largest absolute Gasteiger partial charge is 2.00 e. The first-order valence-electron chi connectivity index (χ1n) is 0.707. The van der Waals surface area contributed by atoms with Crippen LogP contribution in [0.25, 0.3) is 0 Å². The van der Waals surface area contributed by atoms with Gasteiger partial charge in [-0.15, -0.1) is 0 Å². The average molecular weight is 293 g/mol. The van der Waals surface area contributed by atoms with Gasteiger partial charge in [-0.1, -0.05) is 0 Å². The second-order valence-corrected chi connectivity index (χ2v) is 0. The van der Waals surface area contributed by atoms with Crippen molar-refractivity contribution in [3.63, 3.8) is 0 Å². The third-order valence-corrected chi connectivity index (χ3v) is 0. The smallest absolute Gasteiger partial charge is 1.00 e. The van der Waals surface area contributed by atoms with Crippen LogP contribution in [0.15, 0.2) is 0 Å². The minimum atomic E-state index is 0. The van der Waals surface area contributed by atoms with Gasteiger partial charge in [0.25, 0.3) is 0 Å². The zero-order chi connectivity index (χ0) is 2.00. The summed E-state index contributed by atoms with van der Waals surface area (Å²) in [6, 6.07) is 0. The van der Waals surface area contributed by atoms with Crippen LogP contribution in [-0.2, 0) is 0 Å². The van der Waals surface area contributed by atoms with Gasteiger partial charge in [0.15, 0.2) is 0 Å². The normalized spacial score (nSPS) is 1.50. The maximum atomic E-state index is 3.25. The van der Waals surface area contributed by atoms with Gasteiger partial charge in [-0.05, 0) is 0 Å². The molecule has 0 saturated carbocycles. The van der Waals surface area contributed by atoms with Crippen molar-refractivity contribution in [2.45, 2.75) is 6.92 Å². The Balaban J connectivity index is -0.00000000500. The number of rotatable bonds is 0. The first kappa shape index (κ1) is 16.2. The van der Waals surface area contributed by atoms with Crippen LogP contribution in [0.5, 0.6) is 0 Å². The van der Waals surface area contributed by atoms with Crippen molar-refractivity contribution in [2.24, 2.45) is 0 Å². The van der Waals surface area contributed by atoms with Crippen molar-refractivity contribution in [3.05, 3.63) is 6.92 Å². The van der Waals surface area contributed by atoms with E-state index in [2.05, 4.69) is 6.92 Å². The average Bonchev–Trinajstić information content (AvgIpc) is 1.00. The Morgan fingerprint density at radius 3 is 1.25 bits per heavy atom. The molecule has 0 spiro atoms. The van der Waals surface area contributed by atoms with Gasteiger partial charge in [0, 0.05) is 0 Å². The van der Waals surface area contributed by atoms with Gasteiger partial charge in [0.05, 0.1) is 0 Å². The van der Waals surface area contributed by atoms with Crippen LogP contribution in [-0.4, -0.2) is 48.9 Å². The van der Waals surface area contributed by atoms with Crippen molar-refractivity contribution in [1.82, 2.24) is 0 Å². The quantitative estimate of drug-likeness (QED) is 0.262. The third kappa shape index (κ3) is 8.85. The molecule has 0 N–H and O–H groups in total.